The van der Waals surface area contributed by atoms with Crippen LogP contribution in [0.25, 0.3) is 0 Å². The molecule has 2 aromatic rings. The number of halogens is 1. The largest absolute Gasteiger partial charge is 0.493 e. The number of allylic oxidation sites excluding steroid dienone is 1. The summed E-state index contributed by atoms with van der Waals surface area (Å²) < 4.78 is 16.3. The van der Waals surface area contributed by atoms with Gasteiger partial charge in [0.2, 0.25) is 0 Å². The molecule has 34 heavy (non-hydrogen) atoms. The van der Waals surface area contributed by atoms with Crippen molar-refractivity contribution in [1.82, 2.24) is 10.6 Å². The van der Waals surface area contributed by atoms with Crippen molar-refractivity contribution in [2.45, 2.75) is 13.0 Å². The molecular weight excluding hydrogens is 524 g/mol. The second kappa shape index (κ2) is 11.0. The summed E-state index contributed by atoms with van der Waals surface area (Å²) in [5.74, 6) is -0.274. The van der Waals surface area contributed by atoms with Gasteiger partial charge in [-0.2, -0.15) is 5.26 Å². The van der Waals surface area contributed by atoms with Crippen molar-refractivity contribution in [2.24, 2.45) is 0 Å². The fourth-order valence-electron chi connectivity index (χ4n) is 3.47. The molecule has 3 N–H and O–H groups in total. The molecule has 176 valence electrons. The van der Waals surface area contributed by atoms with Gasteiger partial charge in [-0.15, -0.1) is 0 Å². The lowest BCUT2D eigenvalue weighted by molar-refractivity contribution is -0.113. The van der Waals surface area contributed by atoms with E-state index in [0.29, 0.717) is 43.6 Å². The molecule has 0 aromatic heterocycles. The molecule has 0 radical (unpaired) electrons. The van der Waals surface area contributed by atoms with Crippen molar-refractivity contribution >= 4 is 50.8 Å². The average Bonchev–Trinajstić information content (AvgIpc) is 2.82. The Morgan fingerprint density at radius 2 is 2.00 bits per heavy atom. The lowest BCUT2D eigenvalue weighted by Gasteiger charge is -2.31. The molecule has 0 unspecified atom stereocenters. The molecule has 0 saturated carbocycles. The fraction of sp³-hybridized carbons (Fsp3) is 0.217. The lowest BCUT2D eigenvalue weighted by atomic mass is 9.94. The predicted octanol–water partition coefficient (Wildman–Crippen LogP) is 3.58. The summed E-state index contributed by atoms with van der Waals surface area (Å²) in [7, 11) is 2.75. The molecule has 0 fully saturated rings. The number of thiocarbonyl (C=S) groups is 1. The van der Waals surface area contributed by atoms with Gasteiger partial charge < -0.3 is 30.2 Å². The first-order valence-corrected chi connectivity index (χ1v) is 11.1. The Kier molecular flexibility index (Phi) is 8.09. The van der Waals surface area contributed by atoms with Crippen molar-refractivity contribution in [3.05, 3.63) is 63.3 Å². The van der Waals surface area contributed by atoms with Gasteiger partial charge in [-0.25, -0.2) is 4.79 Å². The van der Waals surface area contributed by atoms with Gasteiger partial charge in [0.05, 0.1) is 41.6 Å². The normalized spacial score (nSPS) is 14.9. The summed E-state index contributed by atoms with van der Waals surface area (Å²) in [5.41, 5.74) is 2.09. The quantitative estimate of drug-likeness (QED) is 0.354. The van der Waals surface area contributed by atoms with Gasteiger partial charge >= 0.3 is 5.97 Å². The number of ether oxygens (including phenoxy) is 3. The zero-order valence-corrected chi connectivity index (χ0v) is 20.9. The van der Waals surface area contributed by atoms with Crippen LogP contribution in [0.15, 0.2) is 52.1 Å². The van der Waals surface area contributed by atoms with E-state index in [9.17, 15) is 9.59 Å². The smallest absolute Gasteiger partial charge is 0.339 e. The first kappa shape index (κ1) is 25.0. The van der Waals surface area contributed by atoms with Gasteiger partial charge in [-0.05, 0) is 64.9 Å². The van der Waals surface area contributed by atoms with Gasteiger partial charge in [0.25, 0.3) is 5.91 Å². The topological polar surface area (TPSA) is 122 Å². The molecule has 2 aromatic carbocycles. The standard InChI is InChI=1S/C23H21BrN4O5S/c1-12-18(21(29)27-16-7-5-4-6-14(16)22(30)32-3)19(28-23(34)26-12)13-10-15(24)20(33-9-8-25)17(11-13)31-2/h4-7,10-11,19H,9H2,1-3H3,(H,27,29)(H2,26,28,34)/t19-/m0/s1. The molecule has 3 rings (SSSR count). The number of hydrogen-bond acceptors (Lipinski definition) is 7. The Balaban J connectivity index is 2.02. The maximum absolute atomic E-state index is 13.4. The Hall–Kier alpha value is -3.62. The number of hydrogen-bond donors (Lipinski definition) is 3. The molecule has 0 bridgehead atoms. The molecule has 9 nitrogen and oxygen atoms in total. The number of nitrogens with one attached hydrogen (secondary N) is 3. The predicted molar refractivity (Wildman–Crippen MR) is 133 cm³/mol. The third-order valence-electron chi connectivity index (χ3n) is 4.96. The van der Waals surface area contributed by atoms with Crippen LogP contribution >= 0.6 is 28.1 Å². The minimum absolute atomic E-state index is 0.156. The first-order valence-electron chi connectivity index (χ1n) is 9.94. The number of benzene rings is 2. The summed E-state index contributed by atoms with van der Waals surface area (Å²) >= 11 is 8.78. The maximum Gasteiger partial charge on any atom is 0.339 e. The number of methoxy groups -OCH3 is 2. The second-order valence-electron chi connectivity index (χ2n) is 7.04. The average molecular weight is 545 g/mol. The molecule has 0 saturated heterocycles. The van der Waals surface area contributed by atoms with E-state index in [1.807, 2.05) is 6.07 Å². The number of nitrogens with zero attached hydrogens (tertiary/aromatic N) is 1. The third-order valence-corrected chi connectivity index (χ3v) is 5.77. The van der Waals surface area contributed by atoms with E-state index in [4.69, 9.17) is 31.7 Å². The number of carbonyl (C=O) groups is 2. The monoisotopic (exact) mass is 544 g/mol. The number of esters is 1. The van der Waals surface area contributed by atoms with Crippen LogP contribution in [0.2, 0.25) is 0 Å². The SMILES string of the molecule is COC(=O)c1ccccc1NC(=O)C1=C(C)NC(=S)N[C@H]1c1cc(Br)c(OCC#N)c(OC)c1. The van der Waals surface area contributed by atoms with Crippen molar-refractivity contribution in [2.75, 3.05) is 26.1 Å². The highest BCUT2D eigenvalue weighted by molar-refractivity contribution is 9.10. The highest BCUT2D eigenvalue weighted by Gasteiger charge is 2.32. The van der Waals surface area contributed by atoms with Crippen LogP contribution in [0.3, 0.4) is 0 Å². The summed E-state index contributed by atoms with van der Waals surface area (Å²) in [6.07, 6.45) is 0. The molecule has 1 heterocycles. The maximum atomic E-state index is 13.4. The van der Waals surface area contributed by atoms with Crippen LogP contribution in [-0.2, 0) is 9.53 Å². The van der Waals surface area contributed by atoms with Crippen molar-refractivity contribution in [3.8, 4) is 17.6 Å². The number of carbonyl (C=O) groups excluding carboxylic acids is 2. The van der Waals surface area contributed by atoms with E-state index in [1.165, 1.54) is 14.2 Å². The van der Waals surface area contributed by atoms with Crippen LogP contribution in [0, 0.1) is 11.3 Å². The lowest BCUT2D eigenvalue weighted by Crippen LogP contribution is -2.45. The minimum atomic E-state index is -0.644. The van der Waals surface area contributed by atoms with Crippen LogP contribution < -0.4 is 25.4 Å². The molecule has 0 spiro atoms. The van der Waals surface area contributed by atoms with E-state index in [-0.39, 0.29) is 12.2 Å². The fourth-order valence-corrected chi connectivity index (χ4v) is 4.31. The van der Waals surface area contributed by atoms with Crippen LogP contribution in [-0.4, -0.2) is 37.8 Å². The van der Waals surface area contributed by atoms with E-state index in [1.54, 1.807) is 43.3 Å². The summed E-state index contributed by atoms with van der Waals surface area (Å²) in [6, 6.07) is 11.3. The first-order chi connectivity index (χ1) is 16.3. The Morgan fingerprint density at radius 3 is 2.68 bits per heavy atom. The zero-order valence-electron chi connectivity index (χ0n) is 18.5. The van der Waals surface area contributed by atoms with Gasteiger partial charge in [-0.3, -0.25) is 4.79 Å². The minimum Gasteiger partial charge on any atom is -0.493 e. The molecule has 1 amide bonds. The highest BCUT2D eigenvalue weighted by atomic mass is 79.9. The van der Waals surface area contributed by atoms with Crippen LogP contribution in [0.5, 0.6) is 11.5 Å². The van der Waals surface area contributed by atoms with Gasteiger partial charge in [-0.1, -0.05) is 12.1 Å². The summed E-state index contributed by atoms with van der Waals surface area (Å²) in [4.78, 5) is 25.6. The van der Waals surface area contributed by atoms with Gasteiger partial charge in [0.1, 0.15) is 6.07 Å². The number of amides is 1. The van der Waals surface area contributed by atoms with Crippen molar-refractivity contribution in [1.29, 1.82) is 5.26 Å². The van der Waals surface area contributed by atoms with E-state index in [2.05, 4.69) is 31.9 Å². The highest BCUT2D eigenvalue weighted by Crippen LogP contribution is 2.40. The van der Waals surface area contributed by atoms with Gasteiger partial charge in [0.15, 0.2) is 23.2 Å². The zero-order chi connectivity index (χ0) is 24.8. The van der Waals surface area contributed by atoms with Crippen molar-refractivity contribution < 1.29 is 23.8 Å². The molecular formula is C23H21BrN4O5S. The number of nitriles is 1. The molecule has 1 atom stereocenters. The summed E-state index contributed by atoms with van der Waals surface area (Å²) in [6.45, 7) is 1.58. The number of rotatable bonds is 7. The Labute approximate surface area is 210 Å². The molecule has 1 aliphatic heterocycles. The van der Waals surface area contributed by atoms with E-state index in [0.717, 1.165) is 0 Å². The molecule has 11 heteroatoms. The number of para-hydroxylation sites is 1. The molecule has 0 aliphatic carbocycles. The third kappa shape index (κ3) is 5.30. The van der Waals surface area contributed by atoms with Crippen LogP contribution in [0.1, 0.15) is 28.9 Å². The Morgan fingerprint density at radius 1 is 1.26 bits per heavy atom. The molecule has 1 aliphatic rings. The van der Waals surface area contributed by atoms with Crippen LogP contribution in [0.4, 0.5) is 5.69 Å². The second-order valence-corrected chi connectivity index (χ2v) is 8.30. The summed E-state index contributed by atoms with van der Waals surface area (Å²) in [5, 5.41) is 18.1. The number of anilines is 1. The Bertz CT molecular complexity index is 1220. The van der Waals surface area contributed by atoms with E-state index >= 15 is 0 Å². The van der Waals surface area contributed by atoms with Crippen molar-refractivity contribution in [3.63, 3.8) is 0 Å². The van der Waals surface area contributed by atoms with Gasteiger partial charge in [0, 0.05) is 5.70 Å². The van der Waals surface area contributed by atoms with E-state index < -0.39 is 17.9 Å².